The van der Waals surface area contributed by atoms with E-state index in [0.29, 0.717) is 24.5 Å². The lowest BCUT2D eigenvalue weighted by molar-refractivity contribution is -0.122. The van der Waals surface area contributed by atoms with Gasteiger partial charge in [0.15, 0.2) is 0 Å². The van der Waals surface area contributed by atoms with Gasteiger partial charge in [-0.3, -0.25) is 19.3 Å². The first-order chi connectivity index (χ1) is 16.5. The van der Waals surface area contributed by atoms with E-state index in [-0.39, 0.29) is 36.4 Å². The second-order valence-electron chi connectivity index (χ2n) is 8.01. The van der Waals surface area contributed by atoms with Gasteiger partial charge in [-0.1, -0.05) is 42.5 Å². The van der Waals surface area contributed by atoms with Gasteiger partial charge in [0, 0.05) is 31.2 Å². The molecule has 34 heavy (non-hydrogen) atoms. The molecule has 3 N–H and O–H groups in total. The number of carbonyl (C=O) groups excluding carboxylic acids is 3. The molecule has 7 nitrogen and oxygen atoms in total. The predicted octanol–water partition coefficient (Wildman–Crippen LogP) is 3.58. The number of nitrogens with one attached hydrogen (secondary N) is 3. The maximum atomic E-state index is 13.1. The van der Waals surface area contributed by atoms with Crippen molar-refractivity contribution in [3.8, 4) is 0 Å². The Morgan fingerprint density at radius 2 is 1.65 bits per heavy atom. The fourth-order valence-corrected chi connectivity index (χ4v) is 3.96. The fourth-order valence-electron chi connectivity index (χ4n) is 3.96. The van der Waals surface area contributed by atoms with E-state index < -0.39 is 11.7 Å². The Labute approximate surface area is 197 Å². The molecule has 1 atom stereocenters. The van der Waals surface area contributed by atoms with Crippen LogP contribution in [0.4, 0.5) is 15.8 Å². The molecule has 0 saturated carbocycles. The van der Waals surface area contributed by atoms with Crippen LogP contribution in [0.1, 0.15) is 28.4 Å². The van der Waals surface area contributed by atoms with Crippen LogP contribution in [0, 0.1) is 5.82 Å². The van der Waals surface area contributed by atoms with E-state index in [1.54, 1.807) is 24.3 Å². The second kappa shape index (κ2) is 10.7. The Morgan fingerprint density at radius 1 is 0.941 bits per heavy atom. The molecule has 0 aliphatic carbocycles. The van der Waals surface area contributed by atoms with Crippen LogP contribution in [-0.4, -0.2) is 42.3 Å². The number of para-hydroxylation sites is 1. The molecular weight excluding hydrogens is 435 g/mol. The van der Waals surface area contributed by atoms with Gasteiger partial charge in [0.25, 0.3) is 5.91 Å². The highest BCUT2D eigenvalue weighted by Crippen LogP contribution is 2.26. The first-order valence-corrected chi connectivity index (χ1v) is 11.0. The SMILES string of the molecule is O=C1C[C@H](c2ccccc2)N(CC(=O)Nc2ccccc2C(=O)Nc2ccc(F)cc2)CCN1. The van der Waals surface area contributed by atoms with Crippen molar-refractivity contribution in [2.75, 3.05) is 30.3 Å². The lowest BCUT2D eigenvalue weighted by Crippen LogP contribution is -2.37. The molecule has 1 saturated heterocycles. The number of rotatable bonds is 6. The van der Waals surface area contributed by atoms with Crippen molar-refractivity contribution in [1.82, 2.24) is 10.2 Å². The molecule has 1 fully saturated rings. The van der Waals surface area contributed by atoms with Crippen molar-refractivity contribution in [3.05, 3.63) is 95.8 Å². The van der Waals surface area contributed by atoms with Crippen LogP contribution in [-0.2, 0) is 9.59 Å². The summed E-state index contributed by atoms with van der Waals surface area (Å²) in [7, 11) is 0. The Balaban J connectivity index is 1.47. The lowest BCUT2D eigenvalue weighted by Gasteiger charge is -2.28. The van der Waals surface area contributed by atoms with E-state index in [9.17, 15) is 18.8 Å². The van der Waals surface area contributed by atoms with Gasteiger partial charge in [-0.05, 0) is 42.0 Å². The zero-order chi connectivity index (χ0) is 23.9. The van der Waals surface area contributed by atoms with Crippen LogP contribution in [0.15, 0.2) is 78.9 Å². The number of hydrogen-bond acceptors (Lipinski definition) is 4. The van der Waals surface area contributed by atoms with Gasteiger partial charge in [-0.2, -0.15) is 0 Å². The summed E-state index contributed by atoms with van der Waals surface area (Å²) < 4.78 is 13.1. The average Bonchev–Trinajstić information content (AvgIpc) is 3.02. The summed E-state index contributed by atoms with van der Waals surface area (Å²) in [6.45, 7) is 1.03. The number of halogens is 1. The summed E-state index contributed by atoms with van der Waals surface area (Å²) in [5, 5.41) is 8.40. The van der Waals surface area contributed by atoms with Gasteiger partial charge >= 0.3 is 0 Å². The second-order valence-corrected chi connectivity index (χ2v) is 8.01. The molecule has 8 heteroatoms. The minimum atomic E-state index is -0.422. The number of carbonyl (C=O) groups is 3. The molecular formula is C26H25FN4O3. The maximum Gasteiger partial charge on any atom is 0.257 e. The molecule has 3 aromatic carbocycles. The van der Waals surface area contributed by atoms with Crippen molar-refractivity contribution in [2.24, 2.45) is 0 Å². The Kier molecular flexibility index (Phi) is 7.29. The van der Waals surface area contributed by atoms with E-state index in [1.165, 1.54) is 24.3 Å². The van der Waals surface area contributed by atoms with Crippen LogP contribution in [0.25, 0.3) is 0 Å². The highest BCUT2D eigenvalue weighted by Gasteiger charge is 2.28. The molecule has 0 radical (unpaired) electrons. The van der Waals surface area contributed by atoms with Crippen LogP contribution in [0.2, 0.25) is 0 Å². The maximum absolute atomic E-state index is 13.1. The molecule has 4 rings (SSSR count). The first-order valence-electron chi connectivity index (χ1n) is 11.0. The number of nitrogens with zero attached hydrogens (tertiary/aromatic N) is 1. The molecule has 0 spiro atoms. The largest absolute Gasteiger partial charge is 0.355 e. The lowest BCUT2D eigenvalue weighted by atomic mass is 10.0. The number of amides is 3. The monoisotopic (exact) mass is 460 g/mol. The zero-order valence-electron chi connectivity index (χ0n) is 18.5. The molecule has 0 aromatic heterocycles. The van der Waals surface area contributed by atoms with Crippen LogP contribution in [0.5, 0.6) is 0 Å². The fraction of sp³-hybridized carbons (Fsp3) is 0.192. The van der Waals surface area contributed by atoms with Gasteiger partial charge in [0.2, 0.25) is 11.8 Å². The van der Waals surface area contributed by atoms with Crippen molar-refractivity contribution in [3.63, 3.8) is 0 Å². The van der Waals surface area contributed by atoms with Gasteiger partial charge in [0.05, 0.1) is 17.8 Å². The third kappa shape index (κ3) is 5.85. The minimum Gasteiger partial charge on any atom is -0.355 e. The topological polar surface area (TPSA) is 90.5 Å². The summed E-state index contributed by atoms with van der Waals surface area (Å²) in [5.41, 5.74) is 2.06. The van der Waals surface area contributed by atoms with E-state index >= 15 is 0 Å². The third-order valence-corrected chi connectivity index (χ3v) is 5.62. The highest BCUT2D eigenvalue weighted by molar-refractivity contribution is 6.10. The van der Waals surface area contributed by atoms with Gasteiger partial charge in [-0.15, -0.1) is 0 Å². The van der Waals surface area contributed by atoms with E-state index in [2.05, 4.69) is 16.0 Å². The number of benzene rings is 3. The van der Waals surface area contributed by atoms with Crippen molar-refractivity contribution < 1.29 is 18.8 Å². The van der Waals surface area contributed by atoms with Gasteiger partial charge in [-0.25, -0.2) is 4.39 Å². The van der Waals surface area contributed by atoms with Gasteiger partial charge in [0.1, 0.15) is 5.82 Å². The molecule has 1 aliphatic heterocycles. The molecule has 1 aliphatic rings. The third-order valence-electron chi connectivity index (χ3n) is 5.62. The van der Waals surface area contributed by atoms with Crippen molar-refractivity contribution in [1.29, 1.82) is 0 Å². The molecule has 1 heterocycles. The summed E-state index contributed by atoms with van der Waals surface area (Å²) in [4.78, 5) is 39.9. The van der Waals surface area contributed by atoms with Gasteiger partial charge < -0.3 is 16.0 Å². The zero-order valence-corrected chi connectivity index (χ0v) is 18.5. The van der Waals surface area contributed by atoms with E-state index in [0.717, 1.165) is 5.56 Å². The average molecular weight is 461 g/mol. The smallest absolute Gasteiger partial charge is 0.257 e. The Bertz CT molecular complexity index is 1170. The Hall–Kier alpha value is -4.04. The Morgan fingerprint density at radius 3 is 2.41 bits per heavy atom. The van der Waals surface area contributed by atoms with Crippen LogP contribution in [0.3, 0.4) is 0 Å². The van der Waals surface area contributed by atoms with Crippen LogP contribution < -0.4 is 16.0 Å². The minimum absolute atomic E-state index is 0.0560. The molecule has 0 unspecified atom stereocenters. The first kappa shape index (κ1) is 23.1. The highest BCUT2D eigenvalue weighted by atomic mass is 19.1. The van der Waals surface area contributed by atoms with E-state index in [1.807, 2.05) is 35.2 Å². The molecule has 3 amide bonds. The molecule has 0 bridgehead atoms. The summed E-state index contributed by atoms with van der Waals surface area (Å²) in [6, 6.07) is 21.5. The predicted molar refractivity (Wildman–Crippen MR) is 128 cm³/mol. The number of hydrogen-bond donors (Lipinski definition) is 3. The standard InChI is InChI=1S/C26H25FN4O3/c27-19-10-12-20(13-11-19)29-26(34)21-8-4-5-9-22(21)30-25(33)17-31-15-14-28-24(32)16-23(31)18-6-2-1-3-7-18/h1-13,23H,14-17H2,(H,28,32)(H,29,34)(H,30,33)/t23-/m1/s1. The molecule has 174 valence electrons. The quantitative estimate of drug-likeness (QED) is 0.525. The van der Waals surface area contributed by atoms with Crippen molar-refractivity contribution >= 4 is 29.1 Å². The summed E-state index contributed by atoms with van der Waals surface area (Å²) in [5.74, 6) is -1.17. The van der Waals surface area contributed by atoms with Crippen LogP contribution >= 0.6 is 0 Å². The van der Waals surface area contributed by atoms with E-state index in [4.69, 9.17) is 0 Å². The summed E-state index contributed by atoms with van der Waals surface area (Å²) >= 11 is 0. The normalized spacial score (nSPS) is 16.3. The molecule has 3 aromatic rings. The number of anilines is 2. The van der Waals surface area contributed by atoms with Crippen molar-refractivity contribution in [2.45, 2.75) is 12.5 Å². The summed E-state index contributed by atoms with van der Waals surface area (Å²) in [6.07, 6.45) is 0.258.